The second-order valence-corrected chi connectivity index (χ2v) is 5.01. The Morgan fingerprint density at radius 2 is 2.12 bits per heavy atom. The summed E-state index contributed by atoms with van der Waals surface area (Å²) in [5.41, 5.74) is 4.95. The molecule has 0 aliphatic carbocycles. The van der Waals surface area contributed by atoms with Crippen LogP contribution in [0.15, 0.2) is 16.5 Å². The minimum atomic E-state index is -1.18. The van der Waals surface area contributed by atoms with Crippen molar-refractivity contribution in [3.8, 4) is 0 Å². The Kier molecular flexibility index (Phi) is 4.89. The lowest BCUT2D eigenvalue weighted by atomic mass is 10.3. The van der Waals surface area contributed by atoms with Gasteiger partial charge in [0.05, 0.1) is 5.75 Å². The molecule has 17 heavy (non-hydrogen) atoms. The summed E-state index contributed by atoms with van der Waals surface area (Å²) in [7, 11) is -1.18. The molecular formula is C10H13NO5S. The normalized spacial score (nSPS) is 12.2. The van der Waals surface area contributed by atoms with Crippen molar-refractivity contribution in [3.05, 3.63) is 23.7 Å². The first kappa shape index (κ1) is 13.4. The van der Waals surface area contributed by atoms with E-state index in [1.165, 1.54) is 12.1 Å². The SMILES string of the molecule is NC(=O)CCCS(=O)Cc1ccc(C(=O)O)o1. The molecule has 6 nitrogen and oxygen atoms in total. The molecule has 0 saturated carbocycles. The second-order valence-electron chi connectivity index (χ2n) is 3.43. The van der Waals surface area contributed by atoms with Crippen LogP contribution >= 0.6 is 0 Å². The third-order valence-electron chi connectivity index (χ3n) is 1.97. The van der Waals surface area contributed by atoms with Gasteiger partial charge in [-0.15, -0.1) is 0 Å². The van der Waals surface area contributed by atoms with Gasteiger partial charge in [-0.05, 0) is 18.6 Å². The minimum Gasteiger partial charge on any atom is -0.475 e. The second kappa shape index (κ2) is 6.19. The summed E-state index contributed by atoms with van der Waals surface area (Å²) in [6.45, 7) is 0. The van der Waals surface area contributed by atoms with Crippen LogP contribution < -0.4 is 5.73 Å². The van der Waals surface area contributed by atoms with Crippen molar-refractivity contribution in [2.24, 2.45) is 5.73 Å². The lowest BCUT2D eigenvalue weighted by Crippen LogP contribution is -2.12. The smallest absolute Gasteiger partial charge is 0.371 e. The molecule has 0 aromatic carbocycles. The molecule has 0 aliphatic heterocycles. The molecule has 0 spiro atoms. The van der Waals surface area contributed by atoms with Crippen molar-refractivity contribution in [1.82, 2.24) is 0 Å². The fourth-order valence-corrected chi connectivity index (χ4v) is 2.29. The number of amides is 1. The number of hydrogen-bond donors (Lipinski definition) is 2. The fourth-order valence-electron chi connectivity index (χ4n) is 1.21. The van der Waals surface area contributed by atoms with Gasteiger partial charge in [0.1, 0.15) is 5.76 Å². The van der Waals surface area contributed by atoms with E-state index in [-0.39, 0.29) is 17.9 Å². The van der Waals surface area contributed by atoms with E-state index in [0.717, 1.165) is 0 Å². The highest BCUT2D eigenvalue weighted by Gasteiger charge is 2.11. The van der Waals surface area contributed by atoms with E-state index in [4.69, 9.17) is 15.3 Å². The van der Waals surface area contributed by atoms with E-state index < -0.39 is 22.7 Å². The molecule has 1 unspecified atom stereocenters. The monoisotopic (exact) mass is 259 g/mol. The van der Waals surface area contributed by atoms with E-state index in [1.807, 2.05) is 0 Å². The van der Waals surface area contributed by atoms with Crippen LogP contribution in [-0.2, 0) is 21.3 Å². The summed E-state index contributed by atoms with van der Waals surface area (Å²) < 4.78 is 16.5. The van der Waals surface area contributed by atoms with Crippen molar-refractivity contribution in [3.63, 3.8) is 0 Å². The zero-order chi connectivity index (χ0) is 12.8. The zero-order valence-corrected chi connectivity index (χ0v) is 9.87. The summed E-state index contributed by atoms with van der Waals surface area (Å²) >= 11 is 0. The largest absolute Gasteiger partial charge is 0.475 e. The van der Waals surface area contributed by atoms with E-state index in [9.17, 15) is 13.8 Å². The highest BCUT2D eigenvalue weighted by molar-refractivity contribution is 7.84. The third kappa shape index (κ3) is 4.81. The maximum absolute atomic E-state index is 11.5. The molecule has 94 valence electrons. The van der Waals surface area contributed by atoms with Crippen LogP contribution in [0.2, 0.25) is 0 Å². The molecule has 1 aromatic rings. The highest BCUT2D eigenvalue weighted by Crippen LogP contribution is 2.10. The number of carbonyl (C=O) groups excluding carboxylic acids is 1. The zero-order valence-electron chi connectivity index (χ0n) is 9.05. The Bertz CT molecular complexity index is 440. The fraction of sp³-hybridized carbons (Fsp3) is 0.400. The lowest BCUT2D eigenvalue weighted by Gasteiger charge is -1.98. The predicted octanol–water partition coefficient (Wildman–Crippen LogP) is 0.492. The van der Waals surface area contributed by atoms with Gasteiger partial charge in [-0.1, -0.05) is 0 Å². The molecule has 0 radical (unpaired) electrons. The van der Waals surface area contributed by atoms with E-state index in [2.05, 4.69) is 0 Å². The average molecular weight is 259 g/mol. The van der Waals surface area contributed by atoms with E-state index >= 15 is 0 Å². The minimum absolute atomic E-state index is 0.145. The van der Waals surface area contributed by atoms with Crippen LogP contribution in [0, 0.1) is 0 Å². The topological polar surface area (TPSA) is 111 Å². The van der Waals surface area contributed by atoms with Crippen LogP contribution in [0.3, 0.4) is 0 Å². The number of rotatable bonds is 7. The van der Waals surface area contributed by atoms with Gasteiger partial charge in [-0.2, -0.15) is 0 Å². The number of carboxylic acid groups (broad SMARTS) is 1. The summed E-state index contributed by atoms with van der Waals surface area (Å²) in [5, 5.41) is 8.61. The molecule has 0 fully saturated rings. The van der Waals surface area contributed by atoms with Crippen LogP contribution in [0.5, 0.6) is 0 Å². The number of aromatic carboxylic acids is 1. The van der Waals surface area contributed by atoms with Gasteiger partial charge in [0.15, 0.2) is 0 Å². The maximum atomic E-state index is 11.5. The van der Waals surface area contributed by atoms with E-state index in [0.29, 0.717) is 17.9 Å². The Labute approximate surface area is 100 Å². The molecule has 3 N–H and O–H groups in total. The van der Waals surface area contributed by atoms with Gasteiger partial charge >= 0.3 is 5.97 Å². The van der Waals surface area contributed by atoms with Gasteiger partial charge in [0, 0.05) is 23.0 Å². The van der Waals surface area contributed by atoms with Gasteiger partial charge in [-0.25, -0.2) is 4.79 Å². The number of hydrogen-bond acceptors (Lipinski definition) is 4. The third-order valence-corrected chi connectivity index (χ3v) is 3.32. The average Bonchev–Trinajstić information content (AvgIpc) is 2.65. The molecule has 1 atom stereocenters. The number of primary amides is 1. The number of carboxylic acids is 1. The Balaban J connectivity index is 2.39. The molecule has 1 amide bonds. The van der Waals surface area contributed by atoms with Crippen molar-refractivity contribution >= 4 is 22.7 Å². The molecule has 0 aliphatic rings. The van der Waals surface area contributed by atoms with Crippen molar-refractivity contribution in [2.75, 3.05) is 5.75 Å². The first-order valence-corrected chi connectivity index (χ1v) is 6.43. The molecule has 1 aromatic heterocycles. The number of nitrogens with two attached hydrogens (primary N) is 1. The van der Waals surface area contributed by atoms with Gasteiger partial charge < -0.3 is 15.3 Å². The molecular weight excluding hydrogens is 246 g/mol. The molecule has 1 rings (SSSR count). The quantitative estimate of drug-likeness (QED) is 0.740. The summed E-state index contributed by atoms with van der Waals surface area (Å²) in [5.74, 6) is -0.907. The van der Waals surface area contributed by atoms with Crippen LogP contribution in [0.4, 0.5) is 0 Å². The van der Waals surface area contributed by atoms with Gasteiger partial charge in [-0.3, -0.25) is 9.00 Å². The van der Waals surface area contributed by atoms with E-state index in [1.54, 1.807) is 0 Å². The van der Waals surface area contributed by atoms with Crippen molar-refractivity contribution < 1.29 is 23.3 Å². The van der Waals surface area contributed by atoms with Crippen LogP contribution in [0.25, 0.3) is 0 Å². The summed E-state index contributed by atoms with van der Waals surface area (Å²) in [6, 6.07) is 2.80. The maximum Gasteiger partial charge on any atom is 0.371 e. The Morgan fingerprint density at radius 3 is 2.65 bits per heavy atom. The summed E-state index contributed by atoms with van der Waals surface area (Å²) in [6.07, 6.45) is 0.651. The Morgan fingerprint density at radius 1 is 1.41 bits per heavy atom. The van der Waals surface area contributed by atoms with Gasteiger partial charge in [0.25, 0.3) is 0 Å². The first-order chi connectivity index (χ1) is 7.99. The predicted molar refractivity (Wildman–Crippen MR) is 60.8 cm³/mol. The lowest BCUT2D eigenvalue weighted by molar-refractivity contribution is -0.118. The molecule has 7 heteroatoms. The number of furan rings is 1. The summed E-state index contributed by atoms with van der Waals surface area (Å²) in [4.78, 5) is 21.0. The Hall–Kier alpha value is -1.63. The molecule has 0 bridgehead atoms. The highest BCUT2D eigenvalue weighted by atomic mass is 32.2. The standard InChI is InChI=1S/C10H13NO5S/c11-9(12)2-1-5-17(15)6-7-3-4-8(16-7)10(13)14/h3-4H,1-2,5-6H2,(H2,11,12)(H,13,14). The first-order valence-electron chi connectivity index (χ1n) is 4.94. The van der Waals surface area contributed by atoms with Crippen LogP contribution in [0.1, 0.15) is 29.2 Å². The van der Waals surface area contributed by atoms with Crippen molar-refractivity contribution in [2.45, 2.75) is 18.6 Å². The van der Waals surface area contributed by atoms with Gasteiger partial charge in [0.2, 0.25) is 11.7 Å². The number of carbonyl (C=O) groups is 2. The molecule has 0 saturated heterocycles. The van der Waals surface area contributed by atoms with Crippen molar-refractivity contribution in [1.29, 1.82) is 0 Å². The van der Waals surface area contributed by atoms with Crippen LogP contribution in [-0.4, -0.2) is 26.9 Å². The molecule has 1 heterocycles.